The van der Waals surface area contributed by atoms with Crippen LogP contribution in [-0.2, 0) is 30.0 Å². The summed E-state index contributed by atoms with van der Waals surface area (Å²) in [6.07, 6.45) is -3.46. The Kier molecular flexibility index (Phi) is 7.69. The summed E-state index contributed by atoms with van der Waals surface area (Å²) < 4.78 is 28.4. The Bertz CT molecular complexity index is 1040. The summed E-state index contributed by atoms with van der Waals surface area (Å²) in [6, 6.07) is 0. The number of ether oxygens (including phenoxy) is 3. The molecule has 0 radical (unpaired) electrons. The zero-order valence-electron chi connectivity index (χ0n) is 18.3. The van der Waals surface area contributed by atoms with Crippen molar-refractivity contribution >= 4 is 30.5 Å². The highest BCUT2D eigenvalue weighted by molar-refractivity contribution is 7.53. The molecule has 0 unspecified atom stereocenters. The minimum Gasteiger partial charge on any atom is -0.464 e. The first-order valence-corrected chi connectivity index (χ1v) is 12.0. The number of hydrogen-bond donors (Lipinski definition) is 5. The van der Waals surface area contributed by atoms with E-state index in [0.717, 1.165) is 0 Å². The molecule has 1 aliphatic heterocycles. The predicted octanol–water partition coefficient (Wildman–Crippen LogP) is -0.690. The number of fused-ring (bicyclic) bond motifs is 1. The van der Waals surface area contributed by atoms with Gasteiger partial charge >= 0.3 is 13.6 Å². The van der Waals surface area contributed by atoms with Crippen LogP contribution in [0.1, 0.15) is 32.8 Å². The van der Waals surface area contributed by atoms with Crippen molar-refractivity contribution in [3.63, 3.8) is 0 Å². The zero-order valence-corrected chi connectivity index (χ0v) is 19.2. The molecule has 1 saturated heterocycles. The van der Waals surface area contributed by atoms with E-state index in [1.807, 2.05) is 13.8 Å². The molecule has 0 aromatic carbocycles. The fraction of sp³-hybridized carbons (Fsp3) is 0.667. The average Bonchev–Trinajstić information content (AvgIpc) is 3.23. The van der Waals surface area contributed by atoms with Crippen LogP contribution in [0.5, 0.6) is 0 Å². The molecule has 1 aliphatic rings. The first-order chi connectivity index (χ1) is 15.4. The number of esters is 1. The summed E-state index contributed by atoms with van der Waals surface area (Å²) in [4.78, 5) is 43.5. The van der Waals surface area contributed by atoms with Crippen LogP contribution in [0.3, 0.4) is 0 Å². The van der Waals surface area contributed by atoms with Crippen molar-refractivity contribution in [2.24, 2.45) is 5.92 Å². The summed E-state index contributed by atoms with van der Waals surface area (Å²) in [7, 11) is -5.01. The SMILES string of the molecule is CCOC(=O)[C@@H](OC[C@H]1O[C@@H](n2cnc3c(N)nc(CC(C)C)nc32)[C@H](O)[C@@H]1O)P(=O)(O)O. The van der Waals surface area contributed by atoms with Gasteiger partial charge in [0, 0.05) is 6.42 Å². The molecule has 0 bridgehead atoms. The quantitative estimate of drug-likeness (QED) is 0.218. The summed E-state index contributed by atoms with van der Waals surface area (Å²) in [6.45, 7) is 4.74. The lowest BCUT2D eigenvalue weighted by molar-refractivity contribution is -0.155. The first-order valence-electron chi connectivity index (χ1n) is 10.3. The Morgan fingerprint density at radius 2 is 2.00 bits per heavy atom. The maximum absolute atomic E-state index is 11.8. The van der Waals surface area contributed by atoms with Crippen LogP contribution in [0.4, 0.5) is 5.82 Å². The fourth-order valence-corrected chi connectivity index (χ4v) is 4.06. The smallest absolute Gasteiger partial charge is 0.365 e. The standard InChI is InChI=1S/C18H28N5O9P/c1-4-30-17(26)18(33(27,28)29)31-6-9-12(24)13(25)16(32-9)23-7-20-11-14(19)21-10(5-8(2)3)22-15(11)23/h7-9,12-13,16,18,24-25H,4-6H2,1-3H3,(H2,19,21,22)(H2,27,28,29)/t9-,12-,13-,16-,18+/m1/s1. The van der Waals surface area contributed by atoms with Crippen LogP contribution in [-0.4, -0.2) is 82.9 Å². The van der Waals surface area contributed by atoms with E-state index in [2.05, 4.69) is 19.7 Å². The average molecular weight is 489 g/mol. The van der Waals surface area contributed by atoms with Crippen LogP contribution in [0.15, 0.2) is 6.33 Å². The van der Waals surface area contributed by atoms with Gasteiger partial charge in [-0.25, -0.2) is 19.7 Å². The zero-order chi connectivity index (χ0) is 24.5. The molecule has 1 fully saturated rings. The van der Waals surface area contributed by atoms with Crippen molar-refractivity contribution in [2.75, 3.05) is 18.9 Å². The highest BCUT2D eigenvalue weighted by atomic mass is 31.2. The first kappa shape index (κ1) is 25.4. The Morgan fingerprint density at radius 1 is 1.30 bits per heavy atom. The van der Waals surface area contributed by atoms with E-state index >= 15 is 0 Å². The van der Waals surface area contributed by atoms with E-state index in [9.17, 15) is 29.4 Å². The van der Waals surface area contributed by atoms with E-state index in [4.69, 9.17) is 15.2 Å². The minimum atomic E-state index is -5.01. The van der Waals surface area contributed by atoms with E-state index in [1.54, 1.807) is 0 Å². The molecule has 184 valence electrons. The van der Waals surface area contributed by atoms with E-state index < -0.39 is 50.6 Å². The second-order valence-corrected chi connectivity index (χ2v) is 9.67. The third-order valence-corrected chi connectivity index (χ3v) is 5.88. The van der Waals surface area contributed by atoms with Gasteiger partial charge in [-0.3, -0.25) is 9.13 Å². The normalized spacial score (nSPS) is 24.5. The van der Waals surface area contributed by atoms with Crippen molar-refractivity contribution < 1.29 is 43.6 Å². The Hall–Kier alpha value is -2.19. The summed E-state index contributed by atoms with van der Waals surface area (Å²) in [5, 5.41) is 21.0. The van der Waals surface area contributed by atoms with Gasteiger partial charge in [-0.15, -0.1) is 0 Å². The fourth-order valence-electron chi connectivity index (χ4n) is 3.43. The third kappa shape index (κ3) is 5.49. The number of aliphatic hydroxyl groups is 2. The molecule has 6 N–H and O–H groups in total. The number of aromatic nitrogens is 4. The second-order valence-electron chi connectivity index (χ2n) is 8.02. The molecular formula is C18H28N5O9P. The van der Waals surface area contributed by atoms with Gasteiger partial charge < -0.3 is 39.9 Å². The van der Waals surface area contributed by atoms with Gasteiger partial charge in [0.15, 0.2) is 17.7 Å². The van der Waals surface area contributed by atoms with E-state index in [-0.39, 0.29) is 29.5 Å². The van der Waals surface area contributed by atoms with Crippen LogP contribution < -0.4 is 5.73 Å². The lowest BCUT2D eigenvalue weighted by Gasteiger charge is -2.20. The lowest BCUT2D eigenvalue weighted by atomic mass is 10.1. The van der Waals surface area contributed by atoms with Gasteiger partial charge in [0.2, 0.25) is 0 Å². The third-order valence-electron chi connectivity index (χ3n) is 4.91. The topological polar surface area (TPSA) is 212 Å². The molecule has 0 aliphatic carbocycles. The van der Waals surface area contributed by atoms with Crippen LogP contribution >= 0.6 is 7.60 Å². The second kappa shape index (κ2) is 9.97. The van der Waals surface area contributed by atoms with Gasteiger partial charge in [-0.05, 0) is 12.8 Å². The molecule has 0 spiro atoms. The van der Waals surface area contributed by atoms with Gasteiger partial charge in [0.05, 0.1) is 19.5 Å². The molecule has 3 rings (SSSR count). The highest BCUT2D eigenvalue weighted by Crippen LogP contribution is 2.43. The van der Waals surface area contributed by atoms with Crippen molar-refractivity contribution in [3.8, 4) is 0 Å². The number of carbonyl (C=O) groups is 1. The molecule has 0 saturated carbocycles. The van der Waals surface area contributed by atoms with Crippen LogP contribution in [0.25, 0.3) is 11.2 Å². The van der Waals surface area contributed by atoms with E-state index in [0.29, 0.717) is 12.2 Å². The molecule has 33 heavy (non-hydrogen) atoms. The minimum absolute atomic E-state index is 0.112. The maximum atomic E-state index is 11.8. The van der Waals surface area contributed by atoms with Crippen molar-refractivity contribution in [3.05, 3.63) is 12.2 Å². The molecular weight excluding hydrogens is 461 g/mol. The summed E-state index contributed by atoms with van der Waals surface area (Å²) >= 11 is 0. The highest BCUT2D eigenvalue weighted by Gasteiger charge is 2.46. The number of hydrogen-bond acceptors (Lipinski definition) is 11. The van der Waals surface area contributed by atoms with Crippen molar-refractivity contribution in [1.82, 2.24) is 19.5 Å². The molecule has 2 aromatic rings. The molecule has 2 aromatic heterocycles. The number of aliphatic hydroxyl groups excluding tert-OH is 2. The van der Waals surface area contributed by atoms with Gasteiger partial charge in [-0.1, -0.05) is 13.8 Å². The summed E-state index contributed by atoms with van der Waals surface area (Å²) in [5.41, 5.74) is 6.57. The van der Waals surface area contributed by atoms with Crippen molar-refractivity contribution in [1.29, 1.82) is 0 Å². The predicted molar refractivity (Wildman–Crippen MR) is 113 cm³/mol. The van der Waals surface area contributed by atoms with Gasteiger partial charge in [-0.2, -0.15) is 0 Å². The molecule has 15 heteroatoms. The number of carbonyl (C=O) groups excluding carboxylic acids is 1. The number of imidazole rings is 1. The number of anilines is 1. The molecule has 3 heterocycles. The van der Waals surface area contributed by atoms with Gasteiger partial charge in [0.1, 0.15) is 29.7 Å². The molecule has 0 amide bonds. The molecule has 5 atom stereocenters. The lowest BCUT2D eigenvalue weighted by Crippen LogP contribution is -2.36. The van der Waals surface area contributed by atoms with Crippen molar-refractivity contribution in [2.45, 2.75) is 57.6 Å². The largest absolute Gasteiger partial charge is 0.464 e. The number of nitrogens with zero attached hydrogens (tertiary/aromatic N) is 4. The van der Waals surface area contributed by atoms with Gasteiger partial charge in [0.25, 0.3) is 5.85 Å². The monoisotopic (exact) mass is 489 g/mol. The Morgan fingerprint density at radius 3 is 2.61 bits per heavy atom. The molecule has 14 nitrogen and oxygen atoms in total. The number of rotatable bonds is 9. The number of nitrogens with two attached hydrogens (primary N) is 1. The van der Waals surface area contributed by atoms with Crippen LogP contribution in [0.2, 0.25) is 0 Å². The van der Waals surface area contributed by atoms with Crippen LogP contribution in [0, 0.1) is 5.92 Å². The Balaban J connectivity index is 1.82. The number of nitrogen functional groups attached to an aromatic ring is 1. The van der Waals surface area contributed by atoms with E-state index in [1.165, 1.54) is 17.8 Å². The Labute approximate surface area is 188 Å². The summed E-state index contributed by atoms with van der Waals surface area (Å²) in [5.74, 6) is -2.55. The maximum Gasteiger partial charge on any atom is 0.365 e.